The molecule has 0 saturated carbocycles. The van der Waals surface area contributed by atoms with Crippen molar-refractivity contribution in [3.63, 3.8) is 0 Å². The normalized spacial score (nSPS) is 15.9. The van der Waals surface area contributed by atoms with Gasteiger partial charge in [-0.05, 0) is 38.5 Å². The largest absolute Gasteiger partial charge is 0.460 e. The number of methoxy groups -OCH3 is 1. The second-order valence-corrected chi connectivity index (χ2v) is 6.69. The predicted octanol–water partition coefficient (Wildman–Crippen LogP) is 6.25. The minimum Gasteiger partial charge on any atom is -0.374 e. The molecular weight excluding hydrogens is 417 g/mol. The lowest BCUT2D eigenvalue weighted by atomic mass is 9.85. The van der Waals surface area contributed by atoms with Gasteiger partial charge in [-0.15, -0.1) is 0 Å². The van der Waals surface area contributed by atoms with E-state index in [-0.39, 0.29) is 5.56 Å². The van der Waals surface area contributed by atoms with E-state index in [2.05, 4.69) is 0 Å². The average molecular weight is 439 g/mol. The van der Waals surface area contributed by atoms with Crippen LogP contribution in [0.4, 0.5) is 45.2 Å². The van der Waals surface area contributed by atoms with Gasteiger partial charge in [0.2, 0.25) is 0 Å². The third-order valence-corrected chi connectivity index (χ3v) is 4.81. The maximum absolute atomic E-state index is 14.2. The molecule has 0 spiro atoms. The molecule has 0 fully saturated rings. The summed E-state index contributed by atoms with van der Waals surface area (Å²) < 4.78 is 124. The van der Waals surface area contributed by atoms with Gasteiger partial charge in [-0.3, -0.25) is 0 Å². The molecule has 0 aliphatic heterocycles. The van der Waals surface area contributed by atoms with Crippen molar-refractivity contribution >= 4 is 5.69 Å². The van der Waals surface area contributed by atoms with Gasteiger partial charge in [0.1, 0.15) is 0 Å². The zero-order valence-corrected chi connectivity index (χ0v) is 16.2. The number of hydrogen-bond acceptors (Lipinski definition) is 2. The number of halogens is 9. The molecule has 0 N–H and O–H groups in total. The smallest absolute Gasteiger partial charge is 0.374 e. The highest BCUT2D eigenvalue weighted by atomic mass is 19.4. The Kier molecular flexibility index (Phi) is 7.21. The van der Waals surface area contributed by atoms with Gasteiger partial charge in [-0.1, -0.05) is 12.1 Å². The molecule has 1 atom stereocenters. The number of nitrogens with zero attached hydrogens (tertiary/aromatic N) is 1. The number of benzene rings is 1. The minimum absolute atomic E-state index is 0.0739. The fraction of sp³-hybridized carbons (Fsp3) is 0.667. The molecule has 0 aromatic heterocycles. The number of anilines is 1. The van der Waals surface area contributed by atoms with Crippen molar-refractivity contribution in [1.82, 2.24) is 0 Å². The molecule has 0 saturated heterocycles. The molecule has 11 heteroatoms. The summed E-state index contributed by atoms with van der Waals surface area (Å²) in [4.78, 5) is 1.80. The summed E-state index contributed by atoms with van der Waals surface area (Å²) in [6.45, 7) is 5.58. The molecule has 0 amide bonds. The van der Waals surface area contributed by atoms with Crippen molar-refractivity contribution in [2.75, 3.05) is 25.1 Å². The summed E-state index contributed by atoms with van der Waals surface area (Å²) in [5, 5.41) is 0. The van der Waals surface area contributed by atoms with Crippen LogP contribution in [0.25, 0.3) is 0 Å². The van der Waals surface area contributed by atoms with E-state index >= 15 is 0 Å². The number of rotatable bonds is 9. The fourth-order valence-corrected chi connectivity index (χ4v) is 2.85. The molecule has 0 bridgehead atoms. The first-order valence-corrected chi connectivity index (χ1v) is 8.61. The van der Waals surface area contributed by atoms with E-state index < -0.39 is 36.0 Å². The molecule has 1 aromatic carbocycles. The minimum atomic E-state index is -6.93. The van der Waals surface area contributed by atoms with Crippen molar-refractivity contribution in [3.8, 4) is 0 Å². The van der Waals surface area contributed by atoms with Crippen molar-refractivity contribution < 1.29 is 44.3 Å². The Bertz CT molecular complexity index is 686. The van der Waals surface area contributed by atoms with Crippen LogP contribution < -0.4 is 4.90 Å². The Morgan fingerprint density at radius 1 is 0.862 bits per heavy atom. The first-order valence-electron chi connectivity index (χ1n) is 8.61. The quantitative estimate of drug-likeness (QED) is 0.422. The van der Waals surface area contributed by atoms with Crippen molar-refractivity contribution in [2.24, 2.45) is 0 Å². The van der Waals surface area contributed by atoms with Crippen molar-refractivity contribution in [2.45, 2.75) is 56.7 Å². The van der Waals surface area contributed by atoms with Gasteiger partial charge in [0.25, 0.3) is 0 Å². The SMILES string of the molecule is CCN(CC)c1cccc(C(C)(CC(F)(F)C(F)(F)C(F)(F)C(F)(F)F)OC)c1. The topological polar surface area (TPSA) is 12.5 Å². The number of ether oxygens (including phenoxy) is 1. The lowest BCUT2D eigenvalue weighted by molar-refractivity contribution is -0.400. The molecule has 0 aliphatic carbocycles. The van der Waals surface area contributed by atoms with E-state index in [1.807, 2.05) is 0 Å². The third kappa shape index (κ3) is 4.59. The van der Waals surface area contributed by atoms with Crippen LogP contribution in [0.5, 0.6) is 0 Å². The first kappa shape index (κ1) is 25.4. The standard InChI is InChI=1S/C18H22F9NO/c1-5-28(6-2)13-9-7-8-12(10-13)14(3,29-4)11-15(19,20)16(21,22)17(23,24)18(25,26)27/h7-10H,5-6,11H2,1-4H3. The Labute approximate surface area is 162 Å². The Balaban J connectivity index is 3.38. The van der Waals surface area contributed by atoms with Gasteiger partial charge >= 0.3 is 23.9 Å². The van der Waals surface area contributed by atoms with Crippen molar-refractivity contribution in [3.05, 3.63) is 29.8 Å². The van der Waals surface area contributed by atoms with Gasteiger partial charge in [0.15, 0.2) is 0 Å². The molecule has 2 nitrogen and oxygen atoms in total. The lowest BCUT2D eigenvalue weighted by Gasteiger charge is -2.38. The van der Waals surface area contributed by atoms with Crippen LogP contribution in [0, 0.1) is 0 Å². The second-order valence-electron chi connectivity index (χ2n) is 6.69. The maximum atomic E-state index is 14.2. The molecule has 0 radical (unpaired) electrons. The lowest BCUT2D eigenvalue weighted by Crippen LogP contribution is -2.62. The zero-order chi connectivity index (χ0) is 22.9. The van der Waals surface area contributed by atoms with Crippen LogP contribution in [0.3, 0.4) is 0 Å². The van der Waals surface area contributed by atoms with Crippen LogP contribution in [0.15, 0.2) is 24.3 Å². The summed E-state index contributed by atoms with van der Waals surface area (Å²) in [6, 6.07) is 5.61. The summed E-state index contributed by atoms with van der Waals surface area (Å²) in [6.07, 6.45) is -8.96. The highest BCUT2D eigenvalue weighted by Gasteiger charge is 2.82. The van der Waals surface area contributed by atoms with Gasteiger partial charge in [-0.25, -0.2) is 0 Å². The first-order chi connectivity index (χ1) is 13.0. The van der Waals surface area contributed by atoms with Gasteiger partial charge < -0.3 is 9.64 Å². The average Bonchev–Trinajstić information content (AvgIpc) is 2.61. The second kappa shape index (κ2) is 8.23. The molecule has 168 valence electrons. The monoisotopic (exact) mass is 439 g/mol. The summed E-state index contributed by atoms with van der Waals surface area (Å²) >= 11 is 0. The summed E-state index contributed by atoms with van der Waals surface area (Å²) in [5.41, 5.74) is -1.82. The molecule has 0 aliphatic rings. The van der Waals surface area contributed by atoms with E-state index in [0.29, 0.717) is 18.8 Å². The zero-order valence-electron chi connectivity index (χ0n) is 16.2. The Hall–Kier alpha value is -1.65. The molecule has 1 aromatic rings. The van der Waals surface area contributed by atoms with Crippen LogP contribution in [-0.4, -0.2) is 44.1 Å². The van der Waals surface area contributed by atoms with E-state index in [4.69, 9.17) is 4.74 Å². The molecule has 1 rings (SSSR count). The molecule has 0 heterocycles. The highest BCUT2D eigenvalue weighted by Crippen LogP contribution is 2.56. The van der Waals surface area contributed by atoms with Gasteiger partial charge in [-0.2, -0.15) is 39.5 Å². The number of hydrogen-bond donors (Lipinski definition) is 0. The van der Waals surface area contributed by atoms with E-state index in [1.54, 1.807) is 24.8 Å². The molecular formula is C18H22F9NO. The van der Waals surface area contributed by atoms with E-state index in [0.717, 1.165) is 14.0 Å². The maximum Gasteiger partial charge on any atom is 0.460 e. The van der Waals surface area contributed by atoms with E-state index in [9.17, 15) is 39.5 Å². The van der Waals surface area contributed by atoms with E-state index in [1.165, 1.54) is 18.2 Å². The van der Waals surface area contributed by atoms with Crippen LogP contribution in [0.2, 0.25) is 0 Å². The van der Waals surface area contributed by atoms with Gasteiger partial charge in [0.05, 0.1) is 12.0 Å². The predicted molar refractivity (Wildman–Crippen MR) is 89.9 cm³/mol. The molecule has 1 unspecified atom stereocenters. The van der Waals surface area contributed by atoms with Crippen molar-refractivity contribution in [1.29, 1.82) is 0 Å². The summed E-state index contributed by atoms with van der Waals surface area (Å²) in [5.74, 6) is -19.3. The van der Waals surface area contributed by atoms with Crippen LogP contribution in [0.1, 0.15) is 32.8 Å². The van der Waals surface area contributed by atoms with Gasteiger partial charge in [0, 0.05) is 25.9 Å². The highest BCUT2D eigenvalue weighted by molar-refractivity contribution is 5.49. The Morgan fingerprint density at radius 3 is 1.79 bits per heavy atom. The Morgan fingerprint density at radius 2 is 1.38 bits per heavy atom. The third-order valence-electron chi connectivity index (χ3n) is 4.81. The van der Waals surface area contributed by atoms with Crippen LogP contribution in [-0.2, 0) is 10.3 Å². The molecule has 29 heavy (non-hydrogen) atoms. The number of alkyl halides is 9. The summed E-state index contributed by atoms with van der Waals surface area (Å²) in [7, 11) is 0.875. The van der Waals surface area contributed by atoms with Crippen LogP contribution >= 0.6 is 0 Å². The fourth-order valence-electron chi connectivity index (χ4n) is 2.85.